The Hall–Kier alpha value is -4.29. The molecule has 0 radical (unpaired) electrons. The zero-order valence-corrected chi connectivity index (χ0v) is 19.8. The van der Waals surface area contributed by atoms with E-state index in [9.17, 15) is 14.4 Å². The Morgan fingerprint density at radius 2 is 1.74 bits per heavy atom. The fourth-order valence-corrected chi connectivity index (χ4v) is 3.93. The van der Waals surface area contributed by atoms with Gasteiger partial charge < -0.3 is 14.8 Å². The molecule has 0 aromatic heterocycles. The highest BCUT2D eigenvalue weighted by atomic mass is 32.2. The predicted molar refractivity (Wildman–Crippen MR) is 133 cm³/mol. The number of para-hydroxylation sites is 1. The molecule has 0 aliphatic heterocycles. The zero-order chi connectivity index (χ0) is 25.0. The van der Waals surface area contributed by atoms with Gasteiger partial charge in [0.05, 0.1) is 24.5 Å². The van der Waals surface area contributed by atoms with Crippen LogP contribution in [0.3, 0.4) is 0 Å². The zero-order valence-electron chi connectivity index (χ0n) is 19.0. The molecule has 3 aromatic rings. The molecule has 0 saturated carbocycles. The van der Waals surface area contributed by atoms with E-state index in [-0.39, 0.29) is 23.8 Å². The first-order valence-electron chi connectivity index (χ1n) is 10.6. The summed E-state index contributed by atoms with van der Waals surface area (Å²) < 4.78 is 10.4. The van der Waals surface area contributed by atoms with Crippen molar-refractivity contribution in [3.05, 3.63) is 84.4 Å². The van der Waals surface area contributed by atoms with Crippen LogP contribution in [-0.4, -0.2) is 43.8 Å². The van der Waals surface area contributed by atoms with E-state index in [2.05, 4.69) is 5.32 Å². The van der Waals surface area contributed by atoms with Crippen LogP contribution in [0.4, 0.5) is 11.4 Å². The average molecular weight is 490 g/mol. The summed E-state index contributed by atoms with van der Waals surface area (Å²) in [6.45, 7) is -0.694. The SMILES string of the molecule is COc1cccc(NC(=O)CSc2ccccc2C(=O)OCC(=O)N(CC#N)c2ccccc2)c1. The number of esters is 1. The van der Waals surface area contributed by atoms with E-state index in [1.54, 1.807) is 86.0 Å². The molecule has 2 amide bonds. The van der Waals surface area contributed by atoms with Crippen LogP contribution < -0.4 is 15.0 Å². The van der Waals surface area contributed by atoms with Crippen LogP contribution in [-0.2, 0) is 14.3 Å². The van der Waals surface area contributed by atoms with Crippen molar-refractivity contribution in [1.29, 1.82) is 5.26 Å². The largest absolute Gasteiger partial charge is 0.497 e. The Kier molecular flexibility index (Phi) is 9.28. The second kappa shape index (κ2) is 12.8. The van der Waals surface area contributed by atoms with E-state index in [1.165, 1.54) is 16.7 Å². The number of benzene rings is 3. The molecule has 0 fully saturated rings. The molecule has 0 spiro atoms. The van der Waals surface area contributed by atoms with Gasteiger partial charge in [-0.1, -0.05) is 36.4 Å². The highest BCUT2D eigenvalue weighted by Crippen LogP contribution is 2.24. The number of thioether (sulfide) groups is 1. The molecule has 9 heteroatoms. The number of ether oxygens (including phenoxy) is 2. The molecule has 0 unspecified atom stereocenters. The predicted octanol–water partition coefficient (Wildman–Crippen LogP) is 4.14. The lowest BCUT2D eigenvalue weighted by molar-refractivity contribution is -0.121. The molecule has 0 aliphatic carbocycles. The third kappa shape index (κ3) is 7.35. The summed E-state index contributed by atoms with van der Waals surface area (Å²) in [6.07, 6.45) is 0. The fourth-order valence-electron chi connectivity index (χ4n) is 3.09. The number of anilines is 2. The smallest absolute Gasteiger partial charge is 0.339 e. The number of nitrogens with zero attached hydrogens (tertiary/aromatic N) is 2. The van der Waals surface area contributed by atoms with Gasteiger partial charge in [0.25, 0.3) is 5.91 Å². The van der Waals surface area contributed by atoms with Crippen molar-refractivity contribution in [1.82, 2.24) is 0 Å². The van der Waals surface area contributed by atoms with E-state index < -0.39 is 18.5 Å². The molecule has 0 aliphatic rings. The summed E-state index contributed by atoms with van der Waals surface area (Å²) in [5.41, 5.74) is 1.38. The maximum Gasteiger partial charge on any atom is 0.339 e. The van der Waals surface area contributed by atoms with Gasteiger partial charge in [0, 0.05) is 22.3 Å². The van der Waals surface area contributed by atoms with Gasteiger partial charge in [-0.3, -0.25) is 14.5 Å². The Balaban J connectivity index is 1.59. The first kappa shape index (κ1) is 25.3. The van der Waals surface area contributed by atoms with Crippen molar-refractivity contribution in [2.75, 3.05) is 36.2 Å². The monoisotopic (exact) mass is 489 g/mol. The maximum absolute atomic E-state index is 12.7. The molecule has 3 rings (SSSR count). The minimum atomic E-state index is -0.695. The third-order valence-electron chi connectivity index (χ3n) is 4.74. The van der Waals surface area contributed by atoms with Crippen molar-refractivity contribution >= 4 is 40.9 Å². The number of hydrogen-bond acceptors (Lipinski definition) is 7. The summed E-state index contributed by atoms with van der Waals surface area (Å²) in [7, 11) is 1.54. The van der Waals surface area contributed by atoms with Gasteiger partial charge in [-0.2, -0.15) is 5.26 Å². The van der Waals surface area contributed by atoms with E-state index in [0.717, 1.165) is 0 Å². The second-order valence-electron chi connectivity index (χ2n) is 7.11. The second-order valence-corrected chi connectivity index (χ2v) is 8.13. The minimum absolute atomic E-state index is 0.0599. The third-order valence-corrected chi connectivity index (χ3v) is 5.82. The lowest BCUT2D eigenvalue weighted by Gasteiger charge is -2.19. The van der Waals surface area contributed by atoms with E-state index >= 15 is 0 Å². The summed E-state index contributed by atoms with van der Waals surface area (Å²) in [4.78, 5) is 39.5. The van der Waals surface area contributed by atoms with Crippen LogP contribution >= 0.6 is 11.8 Å². The number of hydrogen-bond donors (Lipinski definition) is 1. The summed E-state index contributed by atoms with van der Waals surface area (Å²) in [6, 6.07) is 24.3. The quantitative estimate of drug-likeness (QED) is 0.259. The Morgan fingerprint density at radius 3 is 2.49 bits per heavy atom. The van der Waals surface area contributed by atoms with Crippen LogP contribution in [0.1, 0.15) is 10.4 Å². The van der Waals surface area contributed by atoms with E-state index in [4.69, 9.17) is 14.7 Å². The van der Waals surface area contributed by atoms with Crippen LogP contribution in [0.5, 0.6) is 5.75 Å². The molecule has 0 heterocycles. The first-order valence-corrected chi connectivity index (χ1v) is 11.6. The number of nitriles is 1. The number of amides is 2. The molecule has 0 bridgehead atoms. The number of carbonyl (C=O) groups is 3. The number of methoxy groups -OCH3 is 1. The van der Waals surface area contributed by atoms with Gasteiger partial charge in [-0.15, -0.1) is 11.8 Å². The van der Waals surface area contributed by atoms with Crippen molar-refractivity contribution in [3.8, 4) is 11.8 Å². The lowest BCUT2D eigenvalue weighted by Crippen LogP contribution is -2.35. The Labute approximate surface area is 207 Å². The molecule has 35 heavy (non-hydrogen) atoms. The molecule has 0 atom stereocenters. The van der Waals surface area contributed by atoms with Gasteiger partial charge in [0.2, 0.25) is 5.91 Å². The van der Waals surface area contributed by atoms with Gasteiger partial charge in [0.1, 0.15) is 12.3 Å². The van der Waals surface area contributed by atoms with Crippen molar-refractivity contribution in [2.24, 2.45) is 0 Å². The Bertz CT molecular complexity index is 1230. The standard InChI is InChI=1S/C26H23N3O5S/c1-33-21-11-7-8-19(16-21)28-24(30)18-35-23-13-6-5-12-22(23)26(32)34-17-25(31)29(15-14-27)20-9-3-2-4-10-20/h2-13,16H,15,17-18H2,1H3,(H,28,30). The van der Waals surface area contributed by atoms with Crippen LogP contribution in [0, 0.1) is 11.3 Å². The van der Waals surface area contributed by atoms with E-state index in [0.29, 0.717) is 22.0 Å². The minimum Gasteiger partial charge on any atom is -0.497 e. The van der Waals surface area contributed by atoms with Gasteiger partial charge in [-0.25, -0.2) is 4.79 Å². The van der Waals surface area contributed by atoms with Gasteiger partial charge in [-0.05, 0) is 36.4 Å². The number of rotatable bonds is 10. The molecule has 8 nitrogen and oxygen atoms in total. The molecule has 0 saturated heterocycles. The highest BCUT2D eigenvalue weighted by molar-refractivity contribution is 8.00. The molecular weight excluding hydrogens is 466 g/mol. The summed E-state index contributed by atoms with van der Waals surface area (Å²) in [5, 5.41) is 11.9. The maximum atomic E-state index is 12.7. The number of carbonyl (C=O) groups excluding carboxylic acids is 3. The van der Waals surface area contributed by atoms with Gasteiger partial charge >= 0.3 is 5.97 Å². The summed E-state index contributed by atoms with van der Waals surface area (Å²) in [5.74, 6) is -0.784. The van der Waals surface area contributed by atoms with Crippen molar-refractivity contribution in [3.63, 3.8) is 0 Å². The first-order chi connectivity index (χ1) is 17.0. The number of nitrogens with one attached hydrogen (secondary N) is 1. The summed E-state index contributed by atoms with van der Waals surface area (Å²) >= 11 is 1.18. The molecule has 3 aromatic carbocycles. The topological polar surface area (TPSA) is 109 Å². The Morgan fingerprint density at radius 1 is 1.00 bits per heavy atom. The highest BCUT2D eigenvalue weighted by Gasteiger charge is 2.20. The van der Waals surface area contributed by atoms with Gasteiger partial charge in [0.15, 0.2) is 6.61 Å². The van der Waals surface area contributed by atoms with Crippen LogP contribution in [0.2, 0.25) is 0 Å². The molecular formula is C26H23N3O5S. The van der Waals surface area contributed by atoms with E-state index in [1.807, 2.05) is 6.07 Å². The molecule has 178 valence electrons. The lowest BCUT2D eigenvalue weighted by atomic mass is 10.2. The van der Waals surface area contributed by atoms with Crippen LogP contribution in [0.15, 0.2) is 83.8 Å². The van der Waals surface area contributed by atoms with Crippen LogP contribution in [0.25, 0.3) is 0 Å². The normalized spacial score (nSPS) is 10.1. The molecule has 1 N–H and O–H groups in total. The fraction of sp³-hybridized carbons (Fsp3) is 0.154. The van der Waals surface area contributed by atoms with Crippen molar-refractivity contribution < 1.29 is 23.9 Å². The van der Waals surface area contributed by atoms with Crippen molar-refractivity contribution in [2.45, 2.75) is 4.90 Å². The average Bonchev–Trinajstić information content (AvgIpc) is 2.89.